The average Bonchev–Trinajstić information content (AvgIpc) is 2.04. The van der Waals surface area contributed by atoms with Crippen LogP contribution in [0.4, 0.5) is 0 Å². The maximum atomic E-state index is 8.75. The van der Waals surface area contributed by atoms with Crippen LogP contribution in [0.5, 0.6) is 0 Å². The van der Waals surface area contributed by atoms with Crippen molar-refractivity contribution in [3.8, 4) is 0 Å². The van der Waals surface area contributed by atoms with E-state index in [1.54, 1.807) is 0 Å². The van der Waals surface area contributed by atoms with E-state index in [-0.39, 0.29) is 88.7 Å². The number of phosphoric acid groups is 1. The minimum atomic E-state index is -5.39. The van der Waals surface area contributed by atoms with Crippen LogP contribution in [0.15, 0.2) is 0 Å². The van der Waals surface area contributed by atoms with Crippen molar-refractivity contribution >= 4 is 7.82 Å². The topological polar surface area (TPSA) is 106 Å². The van der Waals surface area contributed by atoms with Gasteiger partial charge in [-0.15, -0.1) is 0 Å². The van der Waals surface area contributed by atoms with Gasteiger partial charge in [0.15, 0.2) is 0 Å². The molecule has 17 heavy (non-hydrogen) atoms. The molecule has 0 aliphatic rings. The molecule has 0 saturated carbocycles. The first-order valence-corrected chi connectivity index (χ1v) is 6.15. The minimum absolute atomic E-state index is 0. The molecule has 1 N–H and O–H groups in total. The van der Waals surface area contributed by atoms with E-state index in [4.69, 9.17) is 24.4 Å². The third kappa shape index (κ3) is 45.3. The summed E-state index contributed by atoms with van der Waals surface area (Å²) < 4.78 is 8.55. The summed E-state index contributed by atoms with van der Waals surface area (Å²) in [6.07, 6.45) is 4.83. The van der Waals surface area contributed by atoms with Gasteiger partial charge >= 0.3 is 88.7 Å². The van der Waals surface area contributed by atoms with E-state index in [9.17, 15) is 0 Å². The van der Waals surface area contributed by atoms with E-state index in [1.165, 1.54) is 19.3 Å². The van der Waals surface area contributed by atoms with Gasteiger partial charge in [-0.25, -0.2) is 0 Å². The second kappa shape index (κ2) is 21.4. The molecule has 0 aromatic heterocycles. The molecule has 0 fully saturated rings. The van der Waals surface area contributed by atoms with Gasteiger partial charge in [0.1, 0.15) is 0 Å². The molecule has 1 unspecified atom stereocenters. The normalized spacial score (nSPS) is 10.7. The average molecular weight is 294 g/mol. The molecule has 0 aromatic carbocycles. The second-order valence-corrected chi connectivity index (χ2v) is 3.94. The van der Waals surface area contributed by atoms with Crippen LogP contribution in [0.2, 0.25) is 0 Å². The Hall–Kier alpha value is 3.07. The van der Waals surface area contributed by atoms with Crippen LogP contribution >= 0.6 is 7.82 Å². The molecule has 0 amide bonds. The Bertz CT molecular complexity index is 155. The fraction of sp³-hybridized carbons (Fsp3) is 1.00. The quantitative estimate of drug-likeness (QED) is 0.400. The minimum Gasteiger partial charge on any atom is -0.822 e. The number of aliphatic hydroxyl groups excluding tert-OH is 1. The fourth-order valence-electron chi connectivity index (χ4n) is 0.917. The molecule has 5 nitrogen and oxygen atoms in total. The summed E-state index contributed by atoms with van der Waals surface area (Å²) in [4.78, 5) is 25.6. The van der Waals surface area contributed by atoms with Crippen molar-refractivity contribution in [2.45, 2.75) is 39.5 Å². The summed E-state index contributed by atoms with van der Waals surface area (Å²) in [6, 6.07) is 0. The van der Waals surface area contributed by atoms with Gasteiger partial charge in [-0.2, -0.15) is 7.82 Å². The standard InChI is InChI=1S/C8H18O.3Na.H3O4P/c1-3-5-6-8(4-2)7-9;;;;1-5(2,3)4/h8-9H,3-7H2,1-2H3;;;;(H3,1,2,3,4)/q;3*+1;/p-3. The molecule has 88 valence electrons. The van der Waals surface area contributed by atoms with Crippen LogP contribution < -0.4 is 103 Å². The fourth-order valence-corrected chi connectivity index (χ4v) is 0.917. The van der Waals surface area contributed by atoms with Gasteiger partial charge in [-0.3, -0.25) is 0 Å². The summed E-state index contributed by atoms with van der Waals surface area (Å²) in [5, 5.41) is 8.75. The molecule has 9 heteroatoms. The largest absolute Gasteiger partial charge is 1.00 e. The van der Waals surface area contributed by atoms with Gasteiger partial charge in [0.25, 0.3) is 0 Å². The number of aliphatic hydroxyl groups is 1. The van der Waals surface area contributed by atoms with E-state index in [1.807, 2.05) is 0 Å². The van der Waals surface area contributed by atoms with Crippen molar-refractivity contribution in [3.63, 3.8) is 0 Å². The van der Waals surface area contributed by atoms with Gasteiger partial charge in [0.2, 0.25) is 0 Å². The Morgan fingerprint density at radius 2 is 1.47 bits per heavy atom. The summed E-state index contributed by atoms with van der Waals surface area (Å²) >= 11 is 0. The Kier molecular flexibility index (Phi) is 40.4. The predicted molar refractivity (Wildman–Crippen MR) is 48.0 cm³/mol. The van der Waals surface area contributed by atoms with Crippen molar-refractivity contribution in [3.05, 3.63) is 0 Å². The zero-order valence-electron chi connectivity index (χ0n) is 11.6. The SMILES string of the molecule is CCCCC(CC)CO.O=P([O-])([O-])[O-].[Na+].[Na+].[Na+]. The van der Waals surface area contributed by atoms with Crippen LogP contribution in [0.3, 0.4) is 0 Å². The Morgan fingerprint density at radius 3 is 1.65 bits per heavy atom. The van der Waals surface area contributed by atoms with Crippen LogP contribution in [0, 0.1) is 5.92 Å². The van der Waals surface area contributed by atoms with E-state index < -0.39 is 7.82 Å². The van der Waals surface area contributed by atoms with Crippen LogP contribution in [0.1, 0.15) is 39.5 Å². The maximum absolute atomic E-state index is 8.75. The maximum Gasteiger partial charge on any atom is 1.00 e. The molecule has 0 aliphatic carbocycles. The summed E-state index contributed by atoms with van der Waals surface area (Å²) in [7, 11) is -5.39. The van der Waals surface area contributed by atoms with E-state index in [0.29, 0.717) is 12.5 Å². The molecule has 0 radical (unpaired) electrons. The zero-order valence-corrected chi connectivity index (χ0v) is 18.5. The summed E-state index contributed by atoms with van der Waals surface area (Å²) in [5.41, 5.74) is 0. The number of unbranched alkanes of at least 4 members (excludes halogenated alkanes) is 1. The molecule has 1 atom stereocenters. The third-order valence-electron chi connectivity index (χ3n) is 1.80. The van der Waals surface area contributed by atoms with Crippen molar-refractivity contribution in [2.75, 3.05) is 6.61 Å². The van der Waals surface area contributed by atoms with Gasteiger partial charge in [-0.05, 0) is 12.3 Å². The van der Waals surface area contributed by atoms with Gasteiger partial charge < -0.3 is 24.4 Å². The van der Waals surface area contributed by atoms with E-state index in [0.717, 1.165) is 6.42 Å². The van der Waals surface area contributed by atoms with Crippen LogP contribution in [0.25, 0.3) is 0 Å². The Morgan fingerprint density at radius 1 is 1.12 bits per heavy atom. The first kappa shape index (κ1) is 32.1. The monoisotopic (exact) mass is 294 g/mol. The molecule has 0 rings (SSSR count). The van der Waals surface area contributed by atoms with Crippen LogP contribution in [-0.4, -0.2) is 11.7 Å². The zero-order chi connectivity index (χ0) is 11.6. The van der Waals surface area contributed by atoms with Crippen molar-refractivity contribution in [1.29, 1.82) is 0 Å². The first-order chi connectivity index (χ1) is 6.35. The second-order valence-electron chi connectivity index (χ2n) is 3.05. The Labute approximate surface area is 170 Å². The summed E-state index contributed by atoms with van der Waals surface area (Å²) in [5.74, 6) is 0.560. The van der Waals surface area contributed by atoms with Gasteiger partial charge in [0, 0.05) is 6.61 Å². The van der Waals surface area contributed by atoms with E-state index in [2.05, 4.69) is 13.8 Å². The van der Waals surface area contributed by atoms with Gasteiger partial charge in [-0.1, -0.05) is 33.1 Å². The van der Waals surface area contributed by atoms with E-state index >= 15 is 0 Å². The molecule has 0 spiro atoms. The number of hydrogen-bond donors (Lipinski definition) is 1. The molecular weight excluding hydrogens is 276 g/mol. The predicted octanol–water partition coefficient (Wildman–Crippen LogP) is -9.62. The van der Waals surface area contributed by atoms with Crippen LogP contribution in [-0.2, 0) is 4.57 Å². The molecular formula is C8H18Na3O5P. The molecule has 0 aliphatic heterocycles. The molecule has 0 saturated heterocycles. The summed E-state index contributed by atoms with van der Waals surface area (Å²) in [6.45, 7) is 4.69. The first-order valence-electron chi connectivity index (χ1n) is 4.69. The smallest absolute Gasteiger partial charge is 0.822 e. The van der Waals surface area contributed by atoms with Crippen molar-refractivity contribution in [1.82, 2.24) is 0 Å². The third-order valence-corrected chi connectivity index (χ3v) is 1.80. The Balaban J connectivity index is -0.0000000533. The van der Waals surface area contributed by atoms with Crippen molar-refractivity contribution < 1.29 is 113 Å². The van der Waals surface area contributed by atoms with Crippen molar-refractivity contribution in [2.24, 2.45) is 5.92 Å². The molecule has 0 bridgehead atoms. The number of hydrogen-bond acceptors (Lipinski definition) is 5. The number of rotatable bonds is 5. The van der Waals surface area contributed by atoms with Gasteiger partial charge in [0.05, 0.1) is 0 Å². The molecule has 0 aromatic rings. The molecule has 0 heterocycles.